The number of rotatable bonds is 3. The second-order valence-electron chi connectivity index (χ2n) is 8.11. The highest BCUT2D eigenvalue weighted by atomic mass is 16.5. The molecule has 3 saturated heterocycles. The third-order valence-corrected chi connectivity index (χ3v) is 6.41. The van der Waals surface area contributed by atoms with Crippen molar-refractivity contribution in [1.29, 1.82) is 0 Å². The van der Waals surface area contributed by atoms with Crippen molar-refractivity contribution < 1.29 is 9.53 Å². The standard InChI is InChI=1S/C21H32N4O2/c1-17-4-2-3-9-25(17)20-6-5-18(16-22-20)21(26)24-10-7-19(8-11-24)23-12-14-27-15-13-23/h5-6,16-17,19H,2-4,7-15H2,1H3. The molecule has 1 amide bonds. The monoisotopic (exact) mass is 372 g/mol. The molecule has 0 aliphatic carbocycles. The van der Waals surface area contributed by atoms with E-state index in [1.807, 2.05) is 17.0 Å². The minimum atomic E-state index is 0.126. The summed E-state index contributed by atoms with van der Waals surface area (Å²) in [6.07, 6.45) is 7.64. The first kappa shape index (κ1) is 18.7. The molecule has 0 spiro atoms. The van der Waals surface area contributed by atoms with Crippen molar-refractivity contribution in [1.82, 2.24) is 14.8 Å². The Hall–Kier alpha value is -1.66. The Morgan fingerprint density at radius 2 is 1.81 bits per heavy atom. The molecule has 4 heterocycles. The zero-order valence-corrected chi connectivity index (χ0v) is 16.5. The Labute approximate surface area is 162 Å². The lowest BCUT2D eigenvalue weighted by molar-refractivity contribution is 0.00158. The molecule has 0 bridgehead atoms. The van der Waals surface area contributed by atoms with Crippen LogP contribution in [0, 0.1) is 0 Å². The van der Waals surface area contributed by atoms with Crippen LogP contribution in [0.25, 0.3) is 0 Å². The van der Waals surface area contributed by atoms with E-state index in [2.05, 4.69) is 21.7 Å². The van der Waals surface area contributed by atoms with Crippen molar-refractivity contribution in [2.24, 2.45) is 0 Å². The lowest BCUT2D eigenvalue weighted by Gasteiger charge is -2.40. The molecular formula is C21H32N4O2. The van der Waals surface area contributed by atoms with E-state index in [0.717, 1.165) is 64.6 Å². The van der Waals surface area contributed by atoms with Crippen LogP contribution in [-0.2, 0) is 4.74 Å². The van der Waals surface area contributed by atoms with Gasteiger partial charge in [-0.1, -0.05) is 0 Å². The summed E-state index contributed by atoms with van der Waals surface area (Å²) < 4.78 is 5.45. The fourth-order valence-electron chi connectivity index (χ4n) is 4.68. The Balaban J connectivity index is 1.33. The normalized spacial score (nSPS) is 25.6. The Morgan fingerprint density at radius 1 is 1.04 bits per heavy atom. The van der Waals surface area contributed by atoms with Gasteiger partial charge in [0, 0.05) is 51.0 Å². The van der Waals surface area contributed by atoms with Gasteiger partial charge in [-0.2, -0.15) is 0 Å². The molecule has 0 saturated carbocycles. The number of amides is 1. The van der Waals surface area contributed by atoms with Crippen LogP contribution in [0.3, 0.4) is 0 Å². The predicted molar refractivity (Wildman–Crippen MR) is 106 cm³/mol. The lowest BCUT2D eigenvalue weighted by atomic mass is 10.0. The van der Waals surface area contributed by atoms with Crippen molar-refractivity contribution in [3.8, 4) is 0 Å². The van der Waals surface area contributed by atoms with Gasteiger partial charge in [-0.05, 0) is 51.2 Å². The van der Waals surface area contributed by atoms with E-state index in [4.69, 9.17) is 4.74 Å². The Morgan fingerprint density at radius 3 is 2.48 bits per heavy atom. The van der Waals surface area contributed by atoms with Gasteiger partial charge in [-0.25, -0.2) is 4.98 Å². The van der Waals surface area contributed by atoms with Gasteiger partial charge in [0.25, 0.3) is 5.91 Å². The number of ether oxygens (including phenoxy) is 1. The minimum absolute atomic E-state index is 0.126. The maximum atomic E-state index is 12.9. The van der Waals surface area contributed by atoms with Crippen LogP contribution in [0.2, 0.25) is 0 Å². The first-order chi connectivity index (χ1) is 13.2. The van der Waals surface area contributed by atoms with Crippen LogP contribution in [0.4, 0.5) is 5.82 Å². The van der Waals surface area contributed by atoms with Crippen LogP contribution in [0.15, 0.2) is 18.3 Å². The second-order valence-corrected chi connectivity index (χ2v) is 8.11. The highest BCUT2D eigenvalue weighted by Crippen LogP contribution is 2.24. The zero-order chi connectivity index (χ0) is 18.6. The number of hydrogen-bond acceptors (Lipinski definition) is 5. The van der Waals surface area contributed by atoms with Gasteiger partial charge in [0.05, 0.1) is 18.8 Å². The minimum Gasteiger partial charge on any atom is -0.379 e. The summed E-state index contributed by atoms with van der Waals surface area (Å²) in [4.78, 5) is 24.4. The summed E-state index contributed by atoms with van der Waals surface area (Å²) in [7, 11) is 0. The fraction of sp³-hybridized carbons (Fsp3) is 0.714. The van der Waals surface area contributed by atoms with E-state index in [1.165, 1.54) is 19.3 Å². The molecule has 1 aromatic rings. The number of piperidine rings is 2. The van der Waals surface area contributed by atoms with Crippen molar-refractivity contribution in [2.45, 2.75) is 51.1 Å². The molecule has 6 nitrogen and oxygen atoms in total. The fourth-order valence-corrected chi connectivity index (χ4v) is 4.68. The van der Waals surface area contributed by atoms with Crippen molar-refractivity contribution >= 4 is 11.7 Å². The molecule has 1 aromatic heterocycles. The molecule has 6 heteroatoms. The van der Waals surface area contributed by atoms with Gasteiger partial charge in [-0.3, -0.25) is 9.69 Å². The number of likely N-dealkylation sites (tertiary alicyclic amines) is 1. The molecular weight excluding hydrogens is 340 g/mol. The van der Waals surface area contributed by atoms with Crippen LogP contribution in [0.1, 0.15) is 49.4 Å². The first-order valence-electron chi connectivity index (χ1n) is 10.6. The van der Waals surface area contributed by atoms with E-state index >= 15 is 0 Å². The van der Waals surface area contributed by atoms with Crippen molar-refractivity contribution in [3.05, 3.63) is 23.9 Å². The third-order valence-electron chi connectivity index (χ3n) is 6.41. The number of aromatic nitrogens is 1. The number of morpholine rings is 1. The van der Waals surface area contributed by atoms with Crippen LogP contribution >= 0.6 is 0 Å². The van der Waals surface area contributed by atoms with Gasteiger partial charge in [-0.15, -0.1) is 0 Å². The predicted octanol–water partition coefficient (Wildman–Crippen LogP) is 2.40. The second kappa shape index (κ2) is 8.57. The van der Waals surface area contributed by atoms with Crippen molar-refractivity contribution in [3.63, 3.8) is 0 Å². The lowest BCUT2D eigenvalue weighted by Crippen LogP contribution is -2.50. The third kappa shape index (κ3) is 4.27. The van der Waals surface area contributed by atoms with Gasteiger partial charge < -0.3 is 14.5 Å². The van der Waals surface area contributed by atoms with E-state index < -0.39 is 0 Å². The molecule has 3 aliphatic rings. The number of nitrogens with zero attached hydrogens (tertiary/aromatic N) is 4. The summed E-state index contributed by atoms with van der Waals surface area (Å²) in [5, 5.41) is 0. The maximum absolute atomic E-state index is 12.9. The van der Waals surface area contributed by atoms with Gasteiger partial charge in [0.2, 0.25) is 0 Å². The molecule has 1 unspecified atom stereocenters. The van der Waals surface area contributed by atoms with Crippen LogP contribution in [0.5, 0.6) is 0 Å². The highest BCUT2D eigenvalue weighted by molar-refractivity contribution is 5.94. The van der Waals surface area contributed by atoms with E-state index in [1.54, 1.807) is 6.20 Å². The average Bonchev–Trinajstić information content (AvgIpc) is 2.74. The molecule has 148 valence electrons. The molecule has 3 aliphatic heterocycles. The number of pyridine rings is 1. The number of carbonyl (C=O) groups is 1. The van der Waals surface area contributed by atoms with Crippen molar-refractivity contribution in [2.75, 3.05) is 50.8 Å². The first-order valence-corrected chi connectivity index (χ1v) is 10.6. The quantitative estimate of drug-likeness (QED) is 0.815. The number of carbonyl (C=O) groups excluding carboxylic acids is 1. The van der Waals surface area contributed by atoms with E-state index in [9.17, 15) is 4.79 Å². The van der Waals surface area contributed by atoms with Crippen LogP contribution in [-0.4, -0.2) is 78.7 Å². The Kier molecular flexibility index (Phi) is 5.93. The zero-order valence-electron chi connectivity index (χ0n) is 16.5. The molecule has 1 atom stereocenters. The summed E-state index contributed by atoms with van der Waals surface area (Å²) in [6.45, 7) is 8.74. The molecule has 3 fully saturated rings. The van der Waals surface area contributed by atoms with Gasteiger partial charge in [0.1, 0.15) is 5.82 Å². The SMILES string of the molecule is CC1CCCCN1c1ccc(C(=O)N2CCC(N3CCOCC3)CC2)cn1. The molecule has 0 N–H and O–H groups in total. The van der Waals surface area contributed by atoms with E-state index in [-0.39, 0.29) is 5.91 Å². The van der Waals surface area contributed by atoms with Crippen LogP contribution < -0.4 is 4.90 Å². The average molecular weight is 373 g/mol. The molecule has 4 rings (SSSR count). The molecule has 0 radical (unpaired) electrons. The van der Waals surface area contributed by atoms with E-state index in [0.29, 0.717) is 17.6 Å². The molecule has 27 heavy (non-hydrogen) atoms. The Bertz CT molecular complexity index is 622. The summed E-state index contributed by atoms with van der Waals surface area (Å²) in [5.74, 6) is 1.13. The number of hydrogen-bond donors (Lipinski definition) is 0. The highest BCUT2D eigenvalue weighted by Gasteiger charge is 2.28. The summed E-state index contributed by atoms with van der Waals surface area (Å²) in [6, 6.07) is 5.11. The largest absolute Gasteiger partial charge is 0.379 e. The topological polar surface area (TPSA) is 48.9 Å². The smallest absolute Gasteiger partial charge is 0.255 e. The number of anilines is 1. The molecule has 0 aromatic carbocycles. The van der Waals surface area contributed by atoms with Gasteiger partial charge in [0.15, 0.2) is 0 Å². The summed E-state index contributed by atoms with van der Waals surface area (Å²) >= 11 is 0. The maximum Gasteiger partial charge on any atom is 0.255 e. The summed E-state index contributed by atoms with van der Waals surface area (Å²) in [5.41, 5.74) is 0.716. The van der Waals surface area contributed by atoms with Gasteiger partial charge >= 0.3 is 0 Å².